The van der Waals surface area contributed by atoms with Crippen molar-refractivity contribution in [2.75, 3.05) is 11.9 Å². The van der Waals surface area contributed by atoms with Crippen molar-refractivity contribution in [3.8, 4) is 5.75 Å². The van der Waals surface area contributed by atoms with Gasteiger partial charge >= 0.3 is 0 Å². The molecule has 0 bridgehead atoms. The second-order valence-corrected chi connectivity index (χ2v) is 8.50. The van der Waals surface area contributed by atoms with Gasteiger partial charge in [-0.15, -0.1) is 11.3 Å². The summed E-state index contributed by atoms with van der Waals surface area (Å²) in [5, 5.41) is 3.84. The molecule has 0 atom stereocenters. The van der Waals surface area contributed by atoms with Crippen LogP contribution in [-0.2, 0) is 11.3 Å². The third-order valence-corrected chi connectivity index (χ3v) is 6.44. The topological polar surface area (TPSA) is 86.1 Å². The molecule has 144 valence electrons. The molecule has 3 aromatic heterocycles. The molecule has 0 spiro atoms. The Morgan fingerprint density at radius 2 is 2.11 bits per heavy atom. The maximum absolute atomic E-state index is 12.7. The van der Waals surface area contributed by atoms with Crippen LogP contribution in [-0.4, -0.2) is 27.0 Å². The van der Waals surface area contributed by atoms with Gasteiger partial charge in [0.1, 0.15) is 17.1 Å². The van der Waals surface area contributed by atoms with Crippen LogP contribution in [0.5, 0.6) is 5.75 Å². The SMILES string of the molecule is CCOc1ccc2nc(NC(=O)Cn3cnc4sc(C)c(C)c4c3=O)sc2c1. The fourth-order valence-electron chi connectivity index (χ4n) is 2.91. The maximum atomic E-state index is 12.7. The molecule has 1 aromatic carbocycles. The monoisotopic (exact) mass is 414 g/mol. The van der Waals surface area contributed by atoms with Crippen LogP contribution in [0.3, 0.4) is 0 Å². The number of fused-ring (bicyclic) bond motifs is 2. The Kier molecular flexibility index (Phi) is 4.86. The molecule has 0 unspecified atom stereocenters. The summed E-state index contributed by atoms with van der Waals surface area (Å²) in [5.41, 5.74) is 1.50. The predicted molar refractivity (Wildman–Crippen MR) is 113 cm³/mol. The average Bonchev–Trinajstić information content (AvgIpc) is 3.18. The van der Waals surface area contributed by atoms with Gasteiger partial charge in [0.15, 0.2) is 5.13 Å². The van der Waals surface area contributed by atoms with E-state index in [1.807, 2.05) is 39.0 Å². The number of nitrogens with one attached hydrogen (secondary N) is 1. The number of thiazole rings is 1. The van der Waals surface area contributed by atoms with Gasteiger partial charge < -0.3 is 10.1 Å². The molecule has 0 saturated heterocycles. The molecule has 0 fully saturated rings. The first-order valence-corrected chi connectivity index (χ1v) is 10.4. The average molecular weight is 415 g/mol. The van der Waals surface area contributed by atoms with Crippen LogP contribution in [0.2, 0.25) is 0 Å². The molecule has 9 heteroatoms. The highest BCUT2D eigenvalue weighted by molar-refractivity contribution is 7.22. The summed E-state index contributed by atoms with van der Waals surface area (Å²) in [6.45, 7) is 6.26. The van der Waals surface area contributed by atoms with Gasteiger partial charge in [0.2, 0.25) is 5.91 Å². The van der Waals surface area contributed by atoms with Gasteiger partial charge in [0, 0.05) is 4.88 Å². The molecule has 3 heterocycles. The Bertz CT molecular complexity index is 1260. The Hall–Kier alpha value is -2.78. The van der Waals surface area contributed by atoms with Gasteiger partial charge in [-0.25, -0.2) is 9.97 Å². The molecule has 1 N–H and O–H groups in total. The fourth-order valence-corrected chi connectivity index (χ4v) is 4.81. The molecule has 0 aliphatic carbocycles. The second kappa shape index (κ2) is 7.33. The van der Waals surface area contributed by atoms with E-state index in [1.54, 1.807) is 0 Å². The first-order chi connectivity index (χ1) is 13.5. The number of ether oxygens (including phenoxy) is 1. The van der Waals surface area contributed by atoms with E-state index >= 15 is 0 Å². The predicted octanol–water partition coefficient (Wildman–Crippen LogP) is 3.72. The number of amides is 1. The highest BCUT2D eigenvalue weighted by atomic mass is 32.1. The van der Waals surface area contributed by atoms with Crippen LogP contribution in [0.4, 0.5) is 5.13 Å². The summed E-state index contributed by atoms with van der Waals surface area (Å²) in [6.07, 6.45) is 1.42. The lowest BCUT2D eigenvalue weighted by Gasteiger charge is -2.05. The van der Waals surface area contributed by atoms with E-state index < -0.39 is 0 Å². The molecule has 0 aliphatic rings. The van der Waals surface area contributed by atoms with Gasteiger partial charge in [0.05, 0.1) is 28.5 Å². The third-order valence-electron chi connectivity index (χ3n) is 4.39. The van der Waals surface area contributed by atoms with Crippen LogP contribution in [0, 0.1) is 13.8 Å². The minimum atomic E-state index is -0.322. The van der Waals surface area contributed by atoms with Crippen molar-refractivity contribution in [3.05, 3.63) is 45.3 Å². The smallest absolute Gasteiger partial charge is 0.262 e. The minimum Gasteiger partial charge on any atom is -0.494 e. The summed E-state index contributed by atoms with van der Waals surface area (Å²) in [6, 6.07) is 5.61. The number of benzene rings is 1. The molecule has 0 radical (unpaired) electrons. The Morgan fingerprint density at radius 3 is 2.89 bits per heavy atom. The highest BCUT2D eigenvalue weighted by Crippen LogP contribution is 2.29. The maximum Gasteiger partial charge on any atom is 0.262 e. The fraction of sp³-hybridized carbons (Fsp3) is 0.263. The molecule has 0 aliphatic heterocycles. The number of hydrogen-bond acceptors (Lipinski definition) is 7. The van der Waals surface area contributed by atoms with E-state index in [4.69, 9.17) is 4.74 Å². The van der Waals surface area contributed by atoms with Crippen LogP contribution >= 0.6 is 22.7 Å². The van der Waals surface area contributed by atoms with Gasteiger partial charge in [-0.05, 0) is 44.5 Å². The standard InChI is InChI=1S/C19H18N4O3S2/c1-4-26-12-5-6-13-14(7-12)28-19(21-13)22-15(24)8-23-9-20-17-16(18(23)25)10(2)11(3)27-17/h5-7,9H,4,8H2,1-3H3,(H,21,22,24). The Balaban J connectivity index is 1.55. The number of rotatable bonds is 5. The lowest BCUT2D eigenvalue weighted by molar-refractivity contribution is -0.116. The Labute approximate surface area is 168 Å². The molecular weight excluding hydrogens is 396 g/mol. The number of carbonyl (C=O) groups is 1. The second-order valence-electron chi connectivity index (χ2n) is 6.27. The largest absolute Gasteiger partial charge is 0.494 e. The number of aromatic nitrogens is 3. The number of carbonyl (C=O) groups excluding carboxylic acids is 1. The van der Waals surface area contributed by atoms with Crippen LogP contribution in [0.1, 0.15) is 17.4 Å². The van der Waals surface area contributed by atoms with Gasteiger partial charge in [-0.3, -0.25) is 14.2 Å². The number of hydrogen-bond donors (Lipinski definition) is 1. The number of aryl methyl sites for hydroxylation is 2. The van der Waals surface area contributed by atoms with Crippen LogP contribution < -0.4 is 15.6 Å². The molecule has 1 amide bonds. The molecule has 7 nitrogen and oxygen atoms in total. The van der Waals surface area contributed by atoms with Crippen molar-refractivity contribution < 1.29 is 9.53 Å². The van der Waals surface area contributed by atoms with Crippen molar-refractivity contribution in [1.29, 1.82) is 0 Å². The van der Waals surface area contributed by atoms with E-state index in [9.17, 15) is 9.59 Å². The Morgan fingerprint density at radius 1 is 1.29 bits per heavy atom. The normalized spacial score (nSPS) is 11.2. The van der Waals surface area contributed by atoms with Crippen molar-refractivity contribution in [2.45, 2.75) is 27.3 Å². The van der Waals surface area contributed by atoms with Crippen LogP contribution in [0.25, 0.3) is 20.4 Å². The van der Waals surface area contributed by atoms with E-state index in [2.05, 4.69) is 15.3 Å². The van der Waals surface area contributed by atoms with Gasteiger partial charge in [-0.2, -0.15) is 0 Å². The number of anilines is 1. The van der Waals surface area contributed by atoms with Crippen LogP contribution in [0.15, 0.2) is 29.3 Å². The summed E-state index contributed by atoms with van der Waals surface area (Å²) in [5.74, 6) is 0.445. The zero-order valence-electron chi connectivity index (χ0n) is 15.6. The molecule has 0 saturated carbocycles. The van der Waals surface area contributed by atoms with E-state index in [1.165, 1.54) is 33.6 Å². The summed E-state index contributed by atoms with van der Waals surface area (Å²) >= 11 is 2.85. The molecular formula is C19H18N4O3S2. The quantitative estimate of drug-likeness (QED) is 0.538. The summed E-state index contributed by atoms with van der Waals surface area (Å²) in [4.78, 5) is 35.7. The first-order valence-electron chi connectivity index (χ1n) is 8.74. The number of thiophene rings is 1. The molecule has 28 heavy (non-hydrogen) atoms. The van der Waals surface area contributed by atoms with E-state index in [0.29, 0.717) is 22.0 Å². The number of nitrogens with zero attached hydrogens (tertiary/aromatic N) is 3. The lowest BCUT2D eigenvalue weighted by Crippen LogP contribution is -2.27. The van der Waals surface area contributed by atoms with Gasteiger partial charge in [0.25, 0.3) is 5.56 Å². The lowest BCUT2D eigenvalue weighted by atomic mass is 10.2. The van der Waals surface area contributed by atoms with Gasteiger partial charge in [-0.1, -0.05) is 11.3 Å². The first kappa shape index (κ1) is 18.6. The summed E-state index contributed by atoms with van der Waals surface area (Å²) in [7, 11) is 0. The minimum absolute atomic E-state index is 0.115. The highest BCUT2D eigenvalue weighted by Gasteiger charge is 2.15. The summed E-state index contributed by atoms with van der Waals surface area (Å²) < 4.78 is 7.74. The van der Waals surface area contributed by atoms with E-state index in [0.717, 1.165) is 26.4 Å². The van der Waals surface area contributed by atoms with Crippen molar-refractivity contribution >= 4 is 54.1 Å². The van der Waals surface area contributed by atoms with E-state index in [-0.39, 0.29) is 18.0 Å². The third kappa shape index (κ3) is 3.38. The zero-order valence-corrected chi connectivity index (χ0v) is 17.2. The molecule has 4 aromatic rings. The van der Waals surface area contributed by atoms with Crippen molar-refractivity contribution in [3.63, 3.8) is 0 Å². The molecule has 4 rings (SSSR count). The van der Waals surface area contributed by atoms with Crippen molar-refractivity contribution in [2.24, 2.45) is 0 Å². The van der Waals surface area contributed by atoms with Crippen molar-refractivity contribution in [1.82, 2.24) is 14.5 Å². The zero-order chi connectivity index (χ0) is 19.8.